The molecule has 0 amide bonds. The first-order valence-electron chi connectivity index (χ1n) is 12.6. The Balaban J connectivity index is 1.68. The van der Waals surface area contributed by atoms with Crippen molar-refractivity contribution in [1.82, 2.24) is 0 Å². The standard InChI is InChI=1S/C27H29F4NO7S/c1-15-10-19(7-8-21(15)28)40(36,37)32-14-18(13-20(25(34)35)17-5-6-17)38-23-9-4-16(11-22(23)32)12-24(33)39-26(2,3)27(29,30)31/h4,7-11,17-18,20H,5-6,12-14H2,1-3H3,(H,34,35)/t18-,20-/m0/s1. The lowest BCUT2D eigenvalue weighted by molar-refractivity contribution is -0.257. The third-order valence-corrected chi connectivity index (χ3v) is 8.87. The van der Waals surface area contributed by atoms with E-state index < -0.39 is 58.0 Å². The minimum absolute atomic E-state index is 0.0110. The third kappa shape index (κ3) is 6.18. The van der Waals surface area contributed by atoms with Gasteiger partial charge < -0.3 is 14.6 Å². The highest BCUT2D eigenvalue weighted by molar-refractivity contribution is 7.92. The van der Waals surface area contributed by atoms with Gasteiger partial charge in [0.05, 0.1) is 29.5 Å². The van der Waals surface area contributed by atoms with Crippen LogP contribution in [0.2, 0.25) is 0 Å². The number of aliphatic carboxylic acids is 1. The van der Waals surface area contributed by atoms with E-state index in [-0.39, 0.29) is 46.3 Å². The van der Waals surface area contributed by atoms with Crippen molar-refractivity contribution in [3.8, 4) is 5.75 Å². The largest absolute Gasteiger partial charge is 0.486 e. The molecule has 0 bridgehead atoms. The summed E-state index contributed by atoms with van der Waals surface area (Å²) in [4.78, 5) is 24.0. The summed E-state index contributed by atoms with van der Waals surface area (Å²) in [5.41, 5.74) is -2.46. The molecule has 8 nitrogen and oxygen atoms in total. The van der Waals surface area contributed by atoms with Crippen molar-refractivity contribution < 1.29 is 50.1 Å². The van der Waals surface area contributed by atoms with Crippen LogP contribution in [0.5, 0.6) is 5.75 Å². The number of halogens is 4. The van der Waals surface area contributed by atoms with Gasteiger partial charge in [0.25, 0.3) is 10.0 Å². The van der Waals surface area contributed by atoms with Crippen LogP contribution in [0.4, 0.5) is 23.2 Å². The zero-order valence-corrected chi connectivity index (χ0v) is 22.8. The highest BCUT2D eigenvalue weighted by atomic mass is 32.2. The molecule has 218 valence electrons. The summed E-state index contributed by atoms with van der Waals surface area (Å²) in [6, 6.07) is 7.36. The molecule has 1 heterocycles. The molecular formula is C27H29F4NO7S. The summed E-state index contributed by atoms with van der Waals surface area (Å²) < 4.78 is 92.5. The lowest BCUT2D eigenvalue weighted by Crippen LogP contribution is -2.45. The molecule has 1 fully saturated rings. The highest BCUT2D eigenvalue weighted by Crippen LogP contribution is 2.43. The van der Waals surface area contributed by atoms with Gasteiger partial charge in [0.1, 0.15) is 17.7 Å². The predicted molar refractivity (Wildman–Crippen MR) is 135 cm³/mol. The second-order valence-corrected chi connectivity index (χ2v) is 12.5. The molecule has 0 aromatic heterocycles. The number of rotatable bonds is 9. The number of alkyl halides is 3. The Morgan fingerprint density at radius 3 is 2.40 bits per heavy atom. The van der Waals surface area contributed by atoms with Crippen LogP contribution in [-0.2, 0) is 30.8 Å². The fourth-order valence-corrected chi connectivity index (χ4v) is 6.13. The monoisotopic (exact) mass is 587 g/mol. The molecule has 2 atom stereocenters. The van der Waals surface area contributed by atoms with Crippen LogP contribution in [0.1, 0.15) is 44.2 Å². The third-order valence-electron chi connectivity index (χ3n) is 7.10. The Morgan fingerprint density at radius 1 is 1.15 bits per heavy atom. The van der Waals surface area contributed by atoms with E-state index in [0.29, 0.717) is 0 Å². The maximum atomic E-state index is 13.9. The summed E-state index contributed by atoms with van der Waals surface area (Å²) >= 11 is 0. The summed E-state index contributed by atoms with van der Waals surface area (Å²) in [6.45, 7) is 2.58. The molecule has 1 aliphatic carbocycles. The molecule has 1 aliphatic heterocycles. The van der Waals surface area contributed by atoms with Gasteiger partial charge in [-0.25, -0.2) is 12.8 Å². The Hall–Kier alpha value is -3.35. The highest BCUT2D eigenvalue weighted by Gasteiger charge is 2.50. The Labute approximate surface area is 228 Å². The summed E-state index contributed by atoms with van der Waals surface area (Å²) in [5.74, 6) is -3.44. The molecule has 2 aromatic rings. The normalized spacial score (nSPS) is 18.5. The maximum Gasteiger partial charge on any atom is 0.427 e. The first-order chi connectivity index (χ1) is 18.5. The number of esters is 1. The van der Waals surface area contributed by atoms with E-state index in [1.807, 2.05) is 0 Å². The van der Waals surface area contributed by atoms with Gasteiger partial charge >= 0.3 is 18.1 Å². The van der Waals surface area contributed by atoms with Gasteiger partial charge in [-0.05, 0) is 87.4 Å². The molecule has 1 saturated carbocycles. The molecule has 0 radical (unpaired) electrons. The van der Waals surface area contributed by atoms with Crippen LogP contribution in [0.3, 0.4) is 0 Å². The van der Waals surface area contributed by atoms with Gasteiger partial charge in [0.2, 0.25) is 5.60 Å². The number of sulfonamides is 1. The van der Waals surface area contributed by atoms with Gasteiger partial charge in [0, 0.05) is 0 Å². The summed E-state index contributed by atoms with van der Waals surface area (Å²) in [7, 11) is -4.33. The van der Waals surface area contributed by atoms with Crippen LogP contribution < -0.4 is 9.04 Å². The smallest absolute Gasteiger partial charge is 0.427 e. The van der Waals surface area contributed by atoms with Gasteiger partial charge in [-0.3, -0.25) is 13.9 Å². The number of anilines is 1. The molecule has 0 saturated heterocycles. The zero-order valence-electron chi connectivity index (χ0n) is 22.0. The fraction of sp³-hybridized carbons (Fsp3) is 0.481. The zero-order chi connectivity index (χ0) is 29.6. The Kier molecular flexibility index (Phi) is 7.83. The number of carboxylic acids is 1. The molecule has 0 unspecified atom stereocenters. The van der Waals surface area contributed by atoms with E-state index in [2.05, 4.69) is 4.74 Å². The van der Waals surface area contributed by atoms with Crippen molar-refractivity contribution in [2.24, 2.45) is 11.8 Å². The van der Waals surface area contributed by atoms with Crippen LogP contribution in [0, 0.1) is 24.6 Å². The van der Waals surface area contributed by atoms with Crippen LogP contribution >= 0.6 is 0 Å². The molecule has 13 heteroatoms. The lowest BCUT2D eigenvalue weighted by Gasteiger charge is -2.36. The summed E-state index contributed by atoms with van der Waals surface area (Å²) in [6.07, 6.45) is -4.65. The number of fused-ring (bicyclic) bond motifs is 1. The molecule has 1 N–H and O–H groups in total. The lowest BCUT2D eigenvalue weighted by atomic mass is 9.95. The Bertz CT molecular complexity index is 1420. The van der Waals surface area contributed by atoms with Crippen LogP contribution in [0.25, 0.3) is 0 Å². The maximum absolute atomic E-state index is 13.9. The number of hydrogen-bond acceptors (Lipinski definition) is 6. The van der Waals surface area contributed by atoms with Gasteiger partial charge in [-0.2, -0.15) is 13.2 Å². The molecule has 2 aromatic carbocycles. The Morgan fingerprint density at radius 2 is 1.82 bits per heavy atom. The number of carbonyl (C=O) groups is 2. The second-order valence-electron chi connectivity index (χ2n) is 10.7. The van der Waals surface area contributed by atoms with Crippen LogP contribution in [0.15, 0.2) is 41.3 Å². The molecule has 40 heavy (non-hydrogen) atoms. The minimum Gasteiger partial charge on any atom is -0.486 e. The fourth-order valence-electron chi connectivity index (χ4n) is 4.54. The van der Waals surface area contributed by atoms with Gasteiger partial charge in [-0.1, -0.05) is 6.07 Å². The number of carbonyl (C=O) groups excluding carboxylic acids is 1. The number of carboxylic acid groups (broad SMARTS) is 1. The average molecular weight is 588 g/mol. The first kappa shape index (κ1) is 29.6. The van der Waals surface area contributed by atoms with Crippen LogP contribution in [-0.4, -0.2) is 49.9 Å². The number of hydrogen-bond donors (Lipinski definition) is 1. The van der Waals surface area contributed by atoms with Crippen molar-refractivity contribution >= 4 is 27.6 Å². The van der Waals surface area contributed by atoms with Crippen molar-refractivity contribution in [3.05, 3.63) is 53.3 Å². The second kappa shape index (κ2) is 10.6. The number of nitrogens with zero attached hydrogens (tertiary/aromatic N) is 1. The first-order valence-corrected chi connectivity index (χ1v) is 14.0. The molecule has 4 rings (SSSR count). The minimum atomic E-state index is -4.80. The molecule has 0 spiro atoms. The van der Waals surface area contributed by atoms with Crippen molar-refractivity contribution in [2.45, 2.75) is 69.2 Å². The number of ether oxygens (including phenoxy) is 2. The quantitative estimate of drug-likeness (QED) is 0.324. The van der Waals surface area contributed by atoms with Crippen molar-refractivity contribution in [2.75, 3.05) is 10.8 Å². The number of aryl methyl sites for hydroxylation is 1. The van der Waals surface area contributed by atoms with E-state index in [1.165, 1.54) is 31.2 Å². The molecule has 2 aliphatic rings. The number of benzene rings is 2. The average Bonchev–Trinajstić information content (AvgIpc) is 3.67. The van der Waals surface area contributed by atoms with E-state index in [1.54, 1.807) is 0 Å². The molecular weight excluding hydrogens is 558 g/mol. The van der Waals surface area contributed by atoms with E-state index in [4.69, 9.17) is 4.74 Å². The van der Waals surface area contributed by atoms with Crippen molar-refractivity contribution in [3.63, 3.8) is 0 Å². The van der Waals surface area contributed by atoms with Crippen molar-refractivity contribution in [1.29, 1.82) is 0 Å². The van der Waals surface area contributed by atoms with E-state index in [0.717, 1.165) is 43.1 Å². The predicted octanol–water partition coefficient (Wildman–Crippen LogP) is 5.02. The van der Waals surface area contributed by atoms with E-state index >= 15 is 0 Å². The van der Waals surface area contributed by atoms with E-state index in [9.17, 15) is 40.7 Å². The summed E-state index contributed by atoms with van der Waals surface area (Å²) in [5, 5.41) is 9.68. The SMILES string of the molecule is Cc1cc(S(=O)(=O)N2C[C@H](C[C@H](C(=O)O)C3CC3)Oc3ccc(CC(=O)OC(C)(C)C(F)(F)F)cc32)ccc1F. The topological polar surface area (TPSA) is 110 Å². The van der Waals surface area contributed by atoms with Gasteiger partial charge in [0.15, 0.2) is 0 Å². The van der Waals surface area contributed by atoms with Gasteiger partial charge in [-0.15, -0.1) is 0 Å².